The first-order chi connectivity index (χ1) is 9.10. The highest BCUT2D eigenvalue weighted by molar-refractivity contribution is 7.15. The van der Waals surface area contributed by atoms with Crippen molar-refractivity contribution in [2.45, 2.75) is 6.54 Å². The molecular formula is C12H10ClFN2O2S. The van der Waals surface area contributed by atoms with Crippen LogP contribution in [0.3, 0.4) is 0 Å². The van der Waals surface area contributed by atoms with Gasteiger partial charge in [0.25, 0.3) is 0 Å². The molecule has 0 saturated carbocycles. The van der Waals surface area contributed by atoms with Crippen LogP contribution in [0, 0.1) is 5.82 Å². The Hall–Kier alpha value is -1.66. The summed E-state index contributed by atoms with van der Waals surface area (Å²) >= 11 is 7.06. The molecule has 1 aromatic heterocycles. The van der Waals surface area contributed by atoms with Gasteiger partial charge in [0.15, 0.2) is 0 Å². The zero-order valence-electron chi connectivity index (χ0n) is 9.94. The van der Waals surface area contributed by atoms with E-state index in [0.29, 0.717) is 10.9 Å². The molecule has 0 atom stereocenters. The summed E-state index contributed by atoms with van der Waals surface area (Å²) in [4.78, 5) is 15.4. The van der Waals surface area contributed by atoms with Crippen LogP contribution < -0.4 is 5.32 Å². The van der Waals surface area contributed by atoms with E-state index >= 15 is 0 Å². The Bertz CT molecular complexity index is 603. The van der Waals surface area contributed by atoms with Crippen molar-refractivity contribution >= 4 is 34.6 Å². The quantitative estimate of drug-likeness (QED) is 0.880. The van der Waals surface area contributed by atoms with Crippen LogP contribution in [-0.2, 0) is 11.3 Å². The largest absolute Gasteiger partial charge is 0.465 e. The maximum Gasteiger partial charge on any atom is 0.337 e. The number of nitrogens with one attached hydrogen (secondary N) is 1. The Morgan fingerprint density at radius 3 is 3.00 bits per heavy atom. The minimum atomic E-state index is -0.514. The number of ether oxygens (including phenoxy) is 1. The molecule has 19 heavy (non-hydrogen) atoms. The summed E-state index contributed by atoms with van der Waals surface area (Å²) in [5.74, 6) is -0.962. The van der Waals surface area contributed by atoms with E-state index in [-0.39, 0.29) is 11.3 Å². The number of rotatable bonds is 4. The molecule has 2 rings (SSSR count). The van der Waals surface area contributed by atoms with Crippen molar-refractivity contribution in [1.82, 2.24) is 4.98 Å². The Morgan fingerprint density at radius 1 is 1.58 bits per heavy atom. The molecule has 7 heteroatoms. The molecule has 0 saturated heterocycles. The second kappa shape index (κ2) is 5.99. The van der Waals surface area contributed by atoms with Crippen LogP contribution in [0.1, 0.15) is 15.4 Å². The van der Waals surface area contributed by atoms with Gasteiger partial charge in [-0.1, -0.05) is 11.6 Å². The maximum atomic E-state index is 13.6. The molecule has 0 bridgehead atoms. The van der Waals surface area contributed by atoms with Gasteiger partial charge in [0.1, 0.15) is 15.2 Å². The molecule has 1 aromatic carbocycles. The highest BCUT2D eigenvalue weighted by Crippen LogP contribution is 2.21. The molecule has 2 aromatic rings. The lowest BCUT2D eigenvalue weighted by molar-refractivity contribution is 0.0600. The monoisotopic (exact) mass is 300 g/mol. The third-order valence-corrected chi connectivity index (χ3v) is 3.46. The molecule has 0 amide bonds. The molecule has 1 N–H and O–H groups in total. The van der Waals surface area contributed by atoms with Gasteiger partial charge >= 0.3 is 5.97 Å². The van der Waals surface area contributed by atoms with Crippen LogP contribution in [0.5, 0.6) is 0 Å². The van der Waals surface area contributed by atoms with Crippen molar-refractivity contribution in [2.24, 2.45) is 0 Å². The van der Waals surface area contributed by atoms with Gasteiger partial charge in [0, 0.05) is 0 Å². The van der Waals surface area contributed by atoms with E-state index in [0.717, 1.165) is 5.01 Å². The Labute approximate surface area is 118 Å². The lowest BCUT2D eigenvalue weighted by Gasteiger charge is -2.07. The van der Waals surface area contributed by atoms with Crippen molar-refractivity contribution in [1.29, 1.82) is 0 Å². The van der Waals surface area contributed by atoms with Crippen molar-refractivity contribution in [3.63, 3.8) is 0 Å². The minimum absolute atomic E-state index is 0.217. The zero-order chi connectivity index (χ0) is 13.8. The van der Waals surface area contributed by atoms with Crippen molar-refractivity contribution < 1.29 is 13.9 Å². The van der Waals surface area contributed by atoms with E-state index < -0.39 is 11.8 Å². The number of methoxy groups -OCH3 is 1. The van der Waals surface area contributed by atoms with E-state index in [1.54, 1.807) is 0 Å². The SMILES string of the molecule is COC(=O)c1ccc(F)c(NCc2ncc(Cl)s2)c1. The molecule has 0 spiro atoms. The molecule has 1 heterocycles. The number of aromatic nitrogens is 1. The number of esters is 1. The summed E-state index contributed by atoms with van der Waals surface area (Å²) in [5.41, 5.74) is 0.498. The number of anilines is 1. The first kappa shape index (κ1) is 13.8. The van der Waals surface area contributed by atoms with Gasteiger partial charge in [0.05, 0.1) is 31.1 Å². The lowest BCUT2D eigenvalue weighted by Crippen LogP contribution is -2.05. The number of carbonyl (C=O) groups is 1. The van der Waals surface area contributed by atoms with Crippen molar-refractivity contribution in [3.05, 3.63) is 45.1 Å². The topological polar surface area (TPSA) is 51.2 Å². The van der Waals surface area contributed by atoms with Gasteiger partial charge in [-0.3, -0.25) is 0 Å². The second-order valence-corrected chi connectivity index (χ2v) is 5.34. The van der Waals surface area contributed by atoms with E-state index in [1.165, 1.54) is 42.8 Å². The standard InChI is InChI=1S/C12H10ClFN2O2S/c1-18-12(17)7-2-3-8(14)9(4-7)15-6-11-16-5-10(13)19-11/h2-5,15H,6H2,1H3. The van der Waals surface area contributed by atoms with Gasteiger partial charge in [-0.15, -0.1) is 11.3 Å². The zero-order valence-corrected chi connectivity index (χ0v) is 11.5. The van der Waals surface area contributed by atoms with E-state index in [4.69, 9.17) is 11.6 Å². The summed E-state index contributed by atoms with van der Waals surface area (Å²) in [7, 11) is 1.27. The molecule has 0 aliphatic carbocycles. The van der Waals surface area contributed by atoms with Crippen LogP contribution >= 0.6 is 22.9 Å². The highest BCUT2D eigenvalue weighted by atomic mass is 35.5. The molecule has 0 aliphatic rings. The third-order valence-electron chi connectivity index (χ3n) is 2.34. The van der Waals surface area contributed by atoms with Crippen LogP contribution in [0.2, 0.25) is 4.34 Å². The number of hydrogen-bond donors (Lipinski definition) is 1. The molecule has 0 unspecified atom stereocenters. The fraction of sp³-hybridized carbons (Fsp3) is 0.167. The molecule has 0 fully saturated rings. The molecule has 0 aliphatic heterocycles. The first-order valence-electron chi connectivity index (χ1n) is 5.32. The van der Waals surface area contributed by atoms with Crippen molar-refractivity contribution in [2.75, 3.05) is 12.4 Å². The fourth-order valence-electron chi connectivity index (χ4n) is 1.45. The summed E-state index contributed by atoms with van der Waals surface area (Å²) < 4.78 is 18.7. The Balaban J connectivity index is 2.12. The highest BCUT2D eigenvalue weighted by Gasteiger charge is 2.10. The minimum Gasteiger partial charge on any atom is -0.465 e. The Kier molecular flexibility index (Phi) is 4.34. The van der Waals surface area contributed by atoms with E-state index in [9.17, 15) is 9.18 Å². The fourth-order valence-corrected chi connectivity index (χ4v) is 2.34. The smallest absolute Gasteiger partial charge is 0.337 e. The molecular weight excluding hydrogens is 291 g/mol. The average molecular weight is 301 g/mol. The number of thiazole rings is 1. The van der Waals surface area contributed by atoms with Crippen LogP contribution in [0.15, 0.2) is 24.4 Å². The number of hydrogen-bond acceptors (Lipinski definition) is 5. The van der Waals surface area contributed by atoms with Gasteiger partial charge in [-0.05, 0) is 18.2 Å². The van der Waals surface area contributed by atoms with Crippen LogP contribution in [0.25, 0.3) is 0 Å². The lowest BCUT2D eigenvalue weighted by atomic mass is 10.2. The van der Waals surface area contributed by atoms with E-state index in [2.05, 4.69) is 15.0 Å². The predicted molar refractivity (Wildman–Crippen MR) is 72.2 cm³/mol. The summed E-state index contributed by atoms with van der Waals surface area (Å²) in [5, 5.41) is 3.60. The van der Waals surface area contributed by atoms with Gasteiger partial charge in [-0.2, -0.15) is 0 Å². The first-order valence-corrected chi connectivity index (χ1v) is 6.51. The average Bonchev–Trinajstić information content (AvgIpc) is 2.82. The van der Waals surface area contributed by atoms with Gasteiger partial charge in [-0.25, -0.2) is 14.2 Å². The van der Waals surface area contributed by atoms with Crippen LogP contribution in [0.4, 0.5) is 10.1 Å². The van der Waals surface area contributed by atoms with Crippen molar-refractivity contribution in [3.8, 4) is 0 Å². The maximum absolute atomic E-state index is 13.6. The third kappa shape index (κ3) is 3.42. The normalized spacial score (nSPS) is 10.3. The molecule has 4 nitrogen and oxygen atoms in total. The molecule has 100 valence electrons. The predicted octanol–water partition coefficient (Wildman–Crippen LogP) is 3.33. The Morgan fingerprint density at radius 2 is 2.37 bits per heavy atom. The molecule has 0 radical (unpaired) electrons. The van der Waals surface area contributed by atoms with Crippen LogP contribution in [-0.4, -0.2) is 18.1 Å². The van der Waals surface area contributed by atoms with Gasteiger partial charge in [0.2, 0.25) is 0 Å². The van der Waals surface area contributed by atoms with E-state index in [1.807, 2.05) is 0 Å². The summed E-state index contributed by atoms with van der Waals surface area (Å²) in [6.07, 6.45) is 1.53. The van der Waals surface area contributed by atoms with Gasteiger partial charge < -0.3 is 10.1 Å². The number of benzene rings is 1. The second-order valence-electron chi connectivity index (χ2n) is 3.60. The number of halogens is 2. The number of nitrogens with zero attached hydrogens (tertiary/aromatic N) is 1. The summed E-state index contributed by atoms with van der Waals surface area (Å²) in [6, 6.07) is 3.98. The summed E-state index contributed by atoms with van der Waals surface area (Å²) in [6.45, 7) is 0.332. The number of carbonyl (C=O) groups excluding carboxylic acids is 1.